The number of phenols is 1. The second-order valence-electron chi connectivity index (χ2n) is 9.18. The zero-order chi connectivity index (χ0) is 21.6. The molecule has 0 amide bonds. The molecule has 1 aromatic carbocycles. The Labute approximate surface area is 178 Å². The van der Waals surface area contributed by atoms with Crippen molar-refractivity contribution in [1.82, 2.24) is 4.98 Å². The minimum absolute atomic E-state index is 0.179. The summed E-state index contributed by atoms with van der Waals surface area (Å²) in [5.74, 6) is 0.317. The van der Waals surface area contributed by atoms with Crippen LogP contribution in [0.2, 0.25) is 0 Å². The summed E-state index contributed by atoms with van der Waals surface area (Å²) in [5, 5.41) is 13.5. The van der Waals surface area contributed by atoms with Crippen LogP contribution in [0, 0.1) is 12.3 Å². The number of aryl methyl sites for hydroxylation is 1. The molecule has 1 unspecified atom stereocenters. The van der Waals surface area contributed by atoms with E-state index in [1.165, 1.54) is 11.1 Å². The molecule has 0 saturated carbocycles. The summed E-state index contributed by atoms with van der Waals surface area (Å²) in [4.78, 5) is 18.0. The van der Waals surface area contributed by atoms with Gasteiger partial charge in [-0.3, -0.25) is 0 Å². The Morgan fingerprint density at radius 1 is 1.33 bits per heavy atom. The highest BCUT2D eigenvalue weighted by Crippen LogP contribution is 2.47. The number of carbonyl (C=O) groups excluding carboxylic acids is 1. The first-order chi connectivity index (χ1) is 14.2. The predicted octanol–water partition coefficient (Wildman–Crippen LogP) is 5.01. The number of pyridine rings is 1. The maximum atomic E-state index is 13.0. The van der Waals surface area contributed by atoms with Gasteiger partial charge in [-0.15, -0.1) is 0 Å². The maximum Gasteiger partial charge on any atom is 0.336 e. The van der Waals surface area contributed by atoms with Crippen LogP contribution in [-0.4, -0.2) is 22.7 Å². The van der Waals surface area contributed by atoms with Crippen LogP contribution in [0.5, 0.6) is 5.75 Å². The molecule has 0 spiro atoms. The number of benzene rings is 1. The van der Waals surface area contributed by atoms with E-state index in [1.807, 2.05) is 26.0 Å². The summed E-state index contributed by atoms with van der Waals surface area (Å²) in [5.41, 5.74) is 7.04. The number of carbonyl (C=O) groups is 1. The first kappa shape index (κ1) is 20.5. The highest BCUT2D eigenvalue weighted by Gasteiger charge is 2.38. The highest BCUT2D eigenvalue weighted by molar-refractivity contribution is 5.94. The number of aromatic nitrogens is 1. The van der Waals surface area contributed by atoms with E-state index in [4.69, 9.17) is 9.72 Å². The van der Waals surface area contributed by atoms with E-state index in [1.54, 1.807) is 12.1 Å². The number of rotatable bonds is 3. The van der Waals surface area contributed by atoms with E-state index in [9.17, 15) is 9.90 Å². The van der Waals surface area contributed by atoms with Gasteiger partial charge >= 0.3 is 5.97 Å². The smallest absolute Gasteiger partial charge is 0.336 e. The van der Waals surface area contributed by atoms with Gasteiger partial charge in [-0.05, 0) is 74.3 Å². The van der Waals surface area contributed by atoms with E-state index in [0.717, 1.165) is 47.6 Å². The number of hydrogen-bond donors (Lipinski definition) is 2. The van der Waals surface area contributed by atoms with Gasteiger partial charge in [0.15, 0.2) is 0 Å². The van der Waals surface area contributed by atoms with Crippen LogP contribution in [-0.2, 0) is 22.4 Å². The van der Waals surface area contributed by atoms with Gasteiger partial charge in [0.25, 0.3) is 0 Å². The van der Waals surface area contributed by atoms with Crippen molar-refractivity contribution in [2.45, 2.75) is 59.8 Å². The average Bonchev–Trinajstić information content (AvgIpc) is 2.67. The molecule has 5 heteroatoms. The minimum atomic E-state index is -0.338. The Morgan fingerprint density at radius 3 is 2.80 bits per heavy atom. The standard InChI is InChI=1S/C25H30N2O3/c1-6-30-24(29)21-15(3)26-23-20(22(21)16-8-7-9-17(28)12-16)14(2)18-13-25(4,5)11-10-19(18)27-23/h7-9,12,22,28H,6,10-11,13H2,1-5H3,(H,26,27). The third-order valence-electron chi connectivity index (χ3n) is 6.39. The SMILES string of the molecule is CCOC(=O)C1=C(C)Nc2nc3c(c(C)c2C1c1cccc(O)c1)CC(C)(C)CC3. The lowest BCUT2D eigenvalue weighted by Crippen LogP contribution is -2.29. The minimum Gasteiger partial charge on any atom is -0.508 e. The number of nitrogens with one attached hydrogen (secondary N) is 1. The second-order valence-corrected chi connectivity index (χ2v) is 9.18. The van der Waals surface area contributed by atoms with Crippen molar-refractivity contribution in [2.24, 2.45) is 5.41 Å². The lowest BCUT2D eigenvalue weighted by Gasteiger charge is -2.36. The molecule has 0 fully saturated rings. The Hall–Kier alpha value is -2.82. The average molecular weight is 407 g/mol. The van der Waals surface area contributed by atoms with Crippen LogP contribution in [0.25, 0.3) is 0 Å². The number of hydrogen-bond acceptors (Lipinski definition) is 5. The first-order valence-electron chi connectivity index (χ1n) is 10.7. The van der Waals surface area contributed by atoms with Crippen molar-refractivity contribution in [3.63, 3.8) is 0 Å². The molecule has 1 atom stereocenters. The van der Waals surface area contributed by atoms with Crippen molar-refractivity contribution >= 4 is 11.8 Å². The molecule has 0 saturated heterocycles. The number of ether oxygens (including phenoxy) is 1. The lowest BCUT2D eigenvalue weighted by atomic mass is 9.72. The van der Waals surface area contributed by atoms with Crippen LogP contribution in [0.15, 0.2) is 35.5 Å². The zero-order valence-corrected chi connectivity index (χ0v) is 18.4. The Morgan fingerprint density at radius 2 is 2.10 bits per heavy atom. The van der Waals surface area contributed by atoms with Gasteiger partial charge in [0.05, 0.1) is 12.2 Å². The molecule has 2 aliphatic rings. The quantitative estimate of drug-likeness (QED) is 0.702. The van der Waals surface area contributed by atoms with Crippen LogP contribution in [0.3, 0.4) is 0 Å². The Bertz CT molecular complexity index is 1050. The third kappa shape index (κ3) is 3.47. The van der Waals surface area contributed by atoms with Gasteiger partial charge in [0.1, 0.15) is 11.6 Å². The number of anilines is 1. The summed E-state index contributed by atoms with van der Waals surface area (Å²) in [6.07, 6.45) is 3.05. The van der Waals surface area contributed by atoms with E-state index in [-0.39, 0.29) is 23.1 Å². The van der Waals surface area contributed by atoms with Crippen molar-refractivity contribution in [3.05, 3.63) is 63.5 Å². The van der Waals surface area contributed by atoms with Gasteiger partial charge in [0.2, 0.25) is 0 Å². The van der Waals surface area contributed by atoms with Crippen molar-refractivity contribution in [3.8, 4) is 5.75 Å². The number of allylic oxidation sites excluding steroid dienone is 1. The van der Waals surface area contributed by atoms with Crippen molar-refractivity contribution < 1.29 is 14.6 Å². The Kier molecular flexibility index (Phi) is 5.08. The van der Waals surface area contributed by atoms with Gasteiger partial charge in [0, 0.05) is 22.9 Å². The molecule has 1 aliphatic heterocycles. The summed E-state index contributed by atoms with van der Waals surface area (Å²) < 4.78 is 5.41. The van der Waals surface area contributed by atoms with Gasteiger partial charge in [-0.25, -0.2) is 9.78 Å². The Balaban J connectivity index is 1.96. The number of nitrogens with zero attached hydrogens (tertiary/aromatic N) is 1. The molecule has 2 aromatic rings. The number of fused-ring (bicyclic) bond motifs is 2. The highest BCUT2D eigenvalue weighted by atomic mass is 16.5. The van der Waals surface area contributed by atoms with Gasteiger partial charge < -0.3 is 15.2 Å². The second kappa shape index (κ2) is 7.46. The summed E-state index contributed by atoms with van der Waals surface area (Å²) >= 11 is 0. The molecule has 5 nitrogen and oxygen atoms in total. The summed E-state index contributed by atoms with van der Waals surface area (Å²) in [6, 6.07) is 7.14. The van der Waals surface area contributed by atoms with Crippen molar-refractivity contribution in [2.75, 3.05) is 11.9 Å². The molecule has 30 heavy (non-hydrogen) atoms. The molecule has 1 aromatic heterocycles. The van der Waals surface area contributed by atoms with Crippen molar-refractivity contribution in [1.29, 1.82) is 0 Å². The zero-order valence-electron chi connectivity index (χ0n) is 18.4. The number of esters is 1. The number of aromatic hydroxyl groups is 1. The molecule has 0 bridgehead atoms. The van der Waals surface area contributed by atoms with E-state index in [0.29, 0.717) is 12.2 Å². The molecule has 0 radical (unpaired) electrons. The molecule has 158 valence electrons. The maximum absolute atomic E-state index is 13.0. The van der Waals surface area contributed by atoms with Crippen LogP contribution in [0.1, 0.15) is 68.0 Å². The molecular weight excluding hydrogens is 376 g/mol. The predicted molar refractivity (Wildman–Crippen MR) is 118 cm³/mol. The summed E-state index contributed by atoms with van der Waals surface area (Å²) in [7, 11) is 0. The summed E-state index contributed by atoms with van der Waals surface area (Å²) in [6.45, 7) is 10.8. The monoisotopic (exact) mass is 406 g/mol. The van der Waals surface area contributed by atoms with Gasteiger partial charge in [-0.1, -0.05) is 26.0 Å². The van der Waals surface area contributed by atoms with Crippen LogP contribution in [0.4, 0.5) is 5.82 Å². The van der Waals surface area contributed by atoms with Crippen LogP contribution >= 0.6 is 0 Å². The molecular formula is C25H30N2O3. The lowest BCUT2D eigenvalue weighted by molar-refractivity contribution is -0.138. The van der Waals surface area contributed by atoms with E-state index in [2.05, 4.69) is 26.1 Å². The molecule has 2 N–H and O–H groups in total. The van der Waals surface area contributed by atoms with E-state index < -0.39 is 0 Å². The largest absolute Gasteiger partial charge is 0.508 e. The fourth-order valence-electron chi connectivity index (χ4n) is 4.86. The molecule has 2 heterocycles. The molecule has 4 rings (SSSR count). The first-order valence-corrected chi connectivity index (χ1v) is 10.7. The normalized spacial score (nSPS) is 19.6. The number of phenolic OH excluding ortho intramolecular Hbond substituents is 1. The third-order valence-corrected chi connectivity index (χ3v) is 6.39. The molecule has 1 aliphatic carbocycles. The fraction of sp³-hybridized carbons (Fsp3) is 0.440. The van der Waals surface area contributed by atoms with E-state index >= 15 is 0 Å². The topological polar surface area (TPSA) is 71.5 Å². The van der Waals surface area contributed by atoms with Gasteiger partial charge in [-0.2, -0.15) is 0 Å². The van der Waals surface area contributed by atoms with Crippen LogP contribution < -0.4 is 5.32 Å². The fourth-order valence-corrected chi connectivity index (χ4v) is 4.86.